The van der Waals surface area contributed by atoms with Crippen LogP contribution in [0.1, 0.15) is 11.1 Å². The fourth-order valence-electron chi connectivity index (χ4n) is 7.48. The van der Waals surface area contributed by atoms with Gasteiger partial charge in [-0.25, -0.2) is 4.85 Å². The van der Waals surface area contributed by atoms with E-state index >= 15 is 0 Å². The minimum atomic E-state index is 0.419. The smallest absolute Gasteiger partial charge is 0.198 e. The lowest BCUT2D eigenvalue weighted by molar-refractivity contribution is 1.18. The van der Waals surface area contributed by atoms with E-state index < -0.39 is 0 Å². The van der Waals surface area contributed by atoms with Crippen LogP contribution in [0.2, 0.25) is 0 Å². The Morgan fingerprint density at radius 2 is 1.10 bits per heavy atom. The number of benzene rings is 7. The zero-order valence-electron chi connectivity index (χ0n) is 26.7. The minimum Gasteiger partial charge on any atom is -0.310 e. The fourth-order valence-corrected chi connectivity index (χ4v) is 7.48. The van der Waals surface area contributed by atoms with E-state index in [1.165, 1.54) is 0 Å². The van der Waals surface area contributed by atoms with Crippen molar-refractivity contribution < 1.29 is 0 Å². The van der Waals surface area contributed by atoms with Gasteiger partial charge in [-0.15, -0.1) is 0 Å². The fraction of sp³-hybridized carbons (Fsp3) is 0. The first kappa shape index (κ1) is 28.8. The molecule has 0 amide bonds. The Kier molecular flexibility index (Phi) is 6.56. The molecule has 0 unspecified atom stereocenters. The molecule has 0 aliphatic carbocycles. The molecule has 0 radical (unpaired) electrons. The highest BCUT2D eigenvalue weighted by Crippen LogP contribution is 2.42. The number of hydrogen-bond donors (Lipinski definition) is 0. The van der Waals surface area contributed by atoms with E-state index in [1.807, 2.05) is 91.0 Å². The first-order chi connectivity index (χ1) is 24.7. The summed E-state index contributed by atoms with van der Waals surface area (Å²) in [5.74, 6) is 0. The quantitative estimate of drug-likeness (QED) is 0.181. The Morgan fingerprint density at radius 3 is 1.78 bits per heavy atom. The molecule has 7 aromatic carbocycles. The number of nitrogens with zero attached hydrogens (tertiary/aromatic N) is 5. The normalized spacial score (nSPS) is 11.1. The number of para-hydroxylation sites is 4. The standard InChI is InChI=1S/C45H25N5/c1-48-39-26-33(49-41-18-7-3-14-35(41)36-15-4-8-19-42(36)49)25-32(28-47)45(39)31-12-10-11-30(24-31)34-13-2-6-17-40(34)50-43-20-9-5-16-37(43)38-23-29(27-46)21-22-44(38)50/h2-26H. The average molecular weight is 636 g/mol. The molecule has 5 nitrogen and oxygen atoms in total. The van der Waals surface area contributed by atoms with Gasteiger partial charge in [0.1, 0.15) is 0 Å². The van der Waals surface area contributed by atoms with Gasteiger partial charge in [0.05, 0.1) is 57.6 Å². The van der Waals surface area contributed by atoms with Crippen LogP contribution in [-0.4, -0.2) is 9.13 Å². The molecule has 50 heavy (non-hydrogen) atoms. The highest BCUT2D eigenvalue weighted by atomic mass is 15.0. The molecular weight excluding hydrogens is 611 g/mol. The van der Waals surface area contributed by atoms with Crippen molar-refractivity contribution in [3.63, 3.8) is 0 Å². The summed E-state index contributed by atoms with van der Waals surface area (Å²) in [7, 11) is 0. The topological polar surface area (TPSA) is 61.8 Å². The lowest BCUT2D eigenvalue weighted by atomic mass is 9.93. The van der Waals surface area contributed by atoms with Crippen LogP contribution in [0.15, 0.2) is 152 Å². The van der Waals surface area contributed by atoms with Crippen molar-refractivity contribution in [3.05, 3.63) is 174 Å². The van der Waals surface area contributed by atoms with Crippen molar-refractivity contribution in [1.82, 2.24) is 9.13 Å². The van der Waals surface area contributed by atoms with E-state index in [0.717, 1.165) is 71.7 Å². The molecular formula is C45H25N5. The summed E-state index contributed by atoms with van der Waals surface area (Å²) in [5.41, 5.74) is 10.7. The number of nitriles is 2. The summed E-state index contributed by atoms with van der Waals surface area (Å²) in [6, 6.07) is 55.4. The Hall–Kier alpha value is -7.39. The molecule has 0 bridgehead atoms. The maximum Gasteiger partial charge on any atom is 0.198 e. The van der Waals surface area contributed by atoms with Gasteiger partial charge in [-0.3, -0.25) is 0 Å². The molecule has 2 aromatic heterocycles. The maximum atomic E-state index is 10.6. The van der Waals surface area contributed by atoms with Crippen LogP contribution < -0.4 is 0 Å². The SMILES string of the molecule is [C-]#[N+]c1cc(-n2c3ccccc3c3ccccc32)cc(C#N)c1-c1cccc(-c2ccccc2-n2c3ccccc3c3cc(C#N)ccc32)c1. The number of hydrogen-bond acceptors (Lipinski definition) is 2. The molecule has 9 aromatic rings. The van der Waals surface area contributed by atoms with Crippen molar-refractivity contribution in [2.75, 3.05) is 0 Å². The Morgan fingerprint density at radius 1 is 0.500 bits per heavy atom. The van der Waals surface area contributed by atoms with Gasteiger partial charge in [-0.2, -0.15) is 10.5 Å². The third-order valence-corrected chi connectivity index (χ3v) is 9.59. The molecule has 0 aliphatic heterocycles. The van der Waals surface area contributed by atoms with Gasteiger partial charge in [0.2, 0.25) is 0 Å². The van der Waals surface area contributed by atoms with Crippen LogP contribution in [0.25, 0.3) is 82.1 Å². The predicted molar refractivity (Wildman–Crippen MR) is 202 cm³/mol. The van der Waals surface area contributed by atoms with Gasteiger partial charge in [0.25, 0.3) is 0 Å². The Balaban J connectivity index is 1.23. The van der Waals surface area contributed by atoms with Crippen LogP contribution >= 0.6 is 0 Å². The lowest BCUT2D eigenvalue weighted by Gasteiger charge is -2.16. The molecule has 9 rings (SSSR count). The molecule has 0 atom stereocenters. The van der Waals surface area contributed by atoms with Gasteiger partial charge < -0.3 is 9.13 Å². The van der Waals surface area contributed by atoms with E-state index in [2.05, 4.69) is 86.8 Å². The van der Waals surface area contributed by atoms with E-state index in [9.17, 15) is 10.5 Å². The Labute approximate surface area is 288 Å². The molecule has 0 fully saturated rings. The highest BCUT2D eigenvalue weighted by molar-refractivity contribution is 6.11. The van der Waals surface area contributed by atoms with Gasteiger partial charge in [-0.05, 0) is 71.8 Å². The second-order valence-corrected chi connectivity index (χ2v) is 12.3. The monoisotopic (exact) mass is 635 g/mol. The van der Waals surface area contributed by atoms with Gasteiger partial charge >= 0.3 is 0 Å². The molecule has 0 N–H and O–H groups in total. The summed E-state index contributed by atoms with van der Waals surface area (Å²) in [6.45, 7) is 8.27. The Bertz CT molecular complexity index is 2880. The highest BCUT2D eigenvalue weighted by Gasteiger charge is 2.20. The number of fused-ring (bicyclic) bond motifs is 6. The third kappa shape index (κ3) is 4.31. The summed E-state index contributed by atoms with van der Waals surface area (Å²) in [5, 5.41) is 24.5. The molecule has 2 heterocycles. The van der Waals surface area contributed by atoms with Crippen LogP contribution in [0, 0.1) is 29.2 Å². The minimum absolute atomic E-state index is 0.419. The largest absolute Gasteiger partial charge is 0.310 e. The zero-order valence-corrected chi connectivity index (χ0v) is 26.7. The second kappa shape index (κ2) is 11.4. The van der Waals surface area contributed by atoms with E-state index in [0.29, 0.717) is 22.4 Å². The second-order valence-electron chi connectivity index (χ2n) is 12.3. The summed E-state index contributed by atoms with van der Waals surface area (Å²) in [6.07, 6.45) is 0. The van der Waals surface area contributed by atoms with Gasteiger partial charge in [0, 0.05) is 38.4 Å². The molecule has 0 saturated heterocycles. The van der Waals surface area contributed by atoms with E-state index in [4.69, 9.17) is 6.57 Å². The third-order valence-electron chi connectivity index (χ3n) is 9.59. The zero-order chi connectivity index (χ0) is 33.8. The number of rotatable bonds is 4. The molecule has 0 spiro atoms. The van der Waals surface area contributed by atoms with E-state index in [-0.39, 0.29) is 0 Å². The van der Waals surface area contributed by atoms with E-state index in [1.54, 1.807) is 0 Å². The van der Waals surface area contributed by atoms with Crippen LogP contribution in [-0.2, 0) is 0 Å². The van der Waals surface area contributed by atoms with Crippen molar-refractivity contribution in [2.24, 2.45) is 0 Å². The van der Waals surface area contributed by atoms with Gasteiger partial charge in [-0.1, -0.05) is 91.0 Å². The predicted octanol–water partition coefficient (Wildman–Crippen LogP) is 11.5. The first-order valence-electron chi connectivity index (χ1n) is 16.3. The summed E-state index contributed by atoms with van der Waals surface area (Å²) >= 11 is 0. The molecule has 0 saturated carbocycles. The molecule has 5 heteroatoms. The summed E-state index contributed by atoms with van der Waals surface area (Å²) in [4.78, 5) is 3.99. The van der Waals surface area contributed by atoms with Crippen molar-refractivity contribution in [1.29, 1.82) is 10.5 Å². The average Bonchev–Trinajstić information content (AvgIpc) is 3.70. The summed E-state index contributed by atoms with van der Waals surface area (Å²) < 4.78 is 4.39. The first-order valence-corrected chi connectivity index (χ1v) is 16.3. The van der Waals surface area contributed by atoms with Crippen molar-refractivity contribution in [2.45, 2.75) is 0 Å². The van der Waals surface area contributed by atoms with Gasteiger partial charge in [0.15, 0.2) is 5.69 Å². The van der Waals surface area contributed by atoms with Crippen LogP contribution in [0.3, 0.4) is 0 Å². The lowest BCUT2D eigenvalue weighted by Crippen LogP contribution is -1.98. The maximum absolute atomic E-state index is 10.6. The molecule has 0 aliphatic rings. The van der Waals surface area contributed by atoms with Crippen molar-refractivity contribution >= 4 is 49.3 Å². The number of aromatic nitrogens is 2. The van der Waals surface area contributed by atoms with Crippen molar-refractivity contribution in [3.8, 4) is 45.8 Å². The molecule has 230 valence electrons. The van der Waals surface area contributed by atoms with Crippen LogP contribution in [0.4, 0.5) is 5.69 Å². The van der Waals surface area contributed by atoms with Crippen LogP contribution in [0.5, 0.6) is 0 Å².